The lowest BCUT2D eigenvalue weighted by molar-refractivity contribution is -0.137. The lowest BCUT2D eigenvalue weighted by atomic mass is 9.94. The van der Waals surface area contributed by atoms with Crippen molar-refractivity contribution >= 4 is 60.7 Å². The van der Waals surface area contributed by atoms with E-state index in [1.807, 2.05) is 94.1 Å². The van der Waals surface area contributed by atoms with Crippen LogP contribution in [0.15, 0.2) is 152 Å². The minimum Gasteiger partial charge on any atom is -0.308 e. The molecule has 0 unspecified atom stereocenters. The van der Waals surface area contributed by atoms with Crippen molar-refractivity contribution in [3.05, 3.63) is 208 Å². The third kappa shape index (κ3) is 6.42. The number of hydrogen-bond donors (Lipinski definition) is 0. The number of hydrogen-bond acceptors (Lipinski definition) is 3. The van der Waals surface area contributed by atoms with Gasteiger partial charge in [-0.1, -0.05) is 78.9 Å². The topological polar surface area (TPSA) is 94.3 Å². The quantitative estimate of drug-likeness (QED) is 0.161. The van der Waals surface area contributed by atoms with Crippen molar-refractivity contribution in [1.82, 2.24) is 9.13 Å². The Labute approximate surface area is 374 Å². The highest BCUT2D eigenvalue weighted by Gasteiger charge is 2.35. The molecular weight excluding hydrogens is 830 g/mol. The number of nitrogens with zero attached hydrogens (tertiary/aromatic N) is 8. The van der Waals surface area contributed by atoms with E-state index in [0.717, 1.165) is 27.6 Å². The van der Waals surface area contributed by atoms with Gasteiger partial charge in [-0.3, -0.25) is 0 Å². The third-order valence-corrected chi connectivity index (χ3v) is 11.8. The summed E-state index contributed by atoms with van der Waals surface area (Å²) in [6.07, 6.45) is -4.86. The molecule has 0 spiro atoms. The summed E-state index contributed by atoms with van der Waals surface area (Å²) in [7, 11) is 0. The number of benzene rings is 8. The number of para-hydroxylation sites is 2. The summed E-state index contributed by atoms with van der Waals surface area (Å²) < 4.78 is 49.2. The lowest BCUT2D eigenvalue weighted by Crippen LogP contribution is -2.09. The van der Waals surface area contributed by atoms with Crippen LogP contribution in [-0.2, 0) is 6.18 Å². The van der Waals surface area contributed by atoms with Gasteiger partial charge in [-0.15, -0.1) is 0 Å². The van der Waals surface area contributed by atoms with Crippen LogP contribution in [0.1, 0.15) is 22.3 Å². The van der Waals surface area contributed by atoms with E-state index in [0.29, 0.717) is 55.4 Å². The van der Waals surface area contributed by atoms with Gasteiger partial charge < -0.3 is 9.13 Å². The molecule has 0 fully saturated rings. The summed E-state index contributed by atoms with van der Waals surface area (Å²) in [5, 5.41) is 34.3. The maximum Gasteiger partial charge on any atom is 0.415 e. The van der Waals surface area contributed by atoms with Crippen LogP contribution in [0.25, 0.3) is 103 Å². The summed E-state index contributed by atoms with van der Waals surface area (Å²) in [6, 6.07) is 49.2. The van der Waals surface area contributed by atoms with Gasteiger partial charge in [-0.05, 0) is 106 Å². The van der Waals surface area contributed by atoms with E-state index < -0.39 is 11.7 Å². The first-order chi connectivity index (χ1) is 32.1. The smallest absolute Gasteiger partial charge is 0.308 e. The molecule has 0 aliphatic carbocycles. The van der Waals surface area contributed by atoms with Gasteiger partial charge in [-0.2, -0.15) is 29.0 Å². The first kappa shape index (κ1) is 40.2. The zero-order valence-corrected chi connectivity index (χ0v) is 34.1. The van der Waals surface area contributed by atoms with E-state index in [1.54, 1.807) is 24.3 Å². The Bertz CT molecular complexity index is 3740. The Morgan fingerprint density at radius 3 is 1.36 bits per heavy atom. The largest absolute Gasteiger partial charge is 0.415 e. The predicted octanol–water partition coefficient (Wildman–Crippen LogP) is 15.2. The highest BCUT2D eigenvalue weighted by molar-refractivity contribution is 6.12. The molecule has 10 rings (SSSR count). The molecule has 0 bridgehead atoms. The second kappa shape index (κ2) is 15.5. The Hall–Kier alpha value is -9.91. The van der Waals surface area contributed by atoms with E-state index in [4.69, 9.17) is 19.7 Å². The number of aromatic nitrogens is 2. The van der Waals surface area contributed by atoms with Crippen LogP contribution in [-0.4, -0.2) is 9.13 Å². The van der Waals surface area contributed by atoms with Gasteiger partial charge in [0.1, 0.15) is 11.6 Å². The van der Waals surface area contributed by atoms with Crippen molar-refractivity contribution in [2.75, 3.05) is 0 Å². The monoisotopic (exact) mass is 854 g/mol. The van der Waals surface area contributed by atoms with Crippen LogP contribution >= 0.6 is 0 Å². The highest BCUT2D eigenvalue weighted by Crippen LogP contribution is 2.47. The van der Waals surface area contributed by atoms with Crippen LogP contribution in [0.3, 0.4) is 0 Å². The molecule has 0 N–H and O–H groups in total. The maximum atomic E-state index is 15.2. The van der Waals surface area contributed by atoms with Gasteiger partial charge in [0.05, 0.1) is 70.9 Å². The number of halogens is 3. The van der Waals surface area contributed by atoms with Crippen molar-refractivity contribution in [2.24, 2.45) is 0 Å². The number of rotatable bonds is 5. The second-order valence-corrected chi connectivity index (χ2v) is 15.5. The van der Waals surface area contributed by atoms with E-state index in [-0.39, 0.29) is 45.1 Å². The molecule has 0 amide bonds. The molecule has 0 atom stereocenters. The van der Waals surface area contributed by atoms with Crippen molar-refractivity contribution in [3.8, 4) is 63.0 Å². The molecular formula is C55H25F3N8. The number of fused-ring (bicyclic) bond motifs is 6. The van der Waals surface area contributed by atoms with Crippen LogP contribution in [0.4, 0.5) is 30.2 Å². The highest BCUT2D eigenvalue weighted by atomic mass is 19.4. The Morgan fingerprint density at radius 1 is 0.439 bits per heavy atom. The average molecular weight is 855 g/mol. The van der Waals surface area contributed by atoms with E-state index in [1.165, 1.54) is 36.4 Å². The molecule has 0 radical (unpaired) electrons. The molecule has 0 aliphatic rings. The van der Waals surface area contributed by atoms with E-state index >= 15 is 13.2 Å². The van der Waals surface area contributed by atoms with Crippen molar-refractivity contribution in [2.45, 2.75) is 6.18 Å². The summed E-state index contributed by atoms with van der Waals surface area (Å²) in [6.45, 7) is 23.4. The third-order valence-electron chi connectivity index (χ3n) is 11.8. The van der Waals surface area contributed by atoms with Crippen molar-refractivity contribution in [3.63, 3.8) is 0 Å². The molecule has 10 aromatic rings. The van der Waals surface area contributed by atoms with Gasteiger partial charge >= 0.3 is 6.18 Å². The summed E-state index contributed by atoms with van der Waals surface area (Å²) in [5.74, 6) is 0. The molecule has 0 saturated carbocycles. The van der Waals surface area contributed by atoms with Crippen molar-refractivity contribution < 1.29 is 13.2 Å². The fourth-order valence-electron chi connectivity index (χ4n) is 9.03. The molecule has 8 nitrogen and oxygen atoms in total. The Kier molecular flexibility index (Phi) is 9.41. The predicted molar refractivity (Wildman–Crippen MR) is 249 cm³/mol. The number of nitriles is 3. The lowest BCUT2D eigenvalue weighted by Gasteiger charge is -2.21. The average Bonchev–Trinajstić information content (AvgIpc) is 3.86. The fraction of sp³-hybridized carbons (Fsp3) is 0.0182. The van der Waals surface area contributed by atoms with Crippen LogP contribution in [0.5, 0.6) is 0 Å². The first-order valence-electron chi connectivity index (χ1n) is 20.2. The first-order valence-corrected chi connectivity index (χ1v) is 20.2. The zero-order valence-electron chi connectivity index (χ0n) is 34.1. The molecule has 0 aliphatic heterocycles. The van der Waals surface area contributed by atoms with Crippen LogP contribution in [0, 0.1) is 53.7 Å². The molecule has 2 heterocycles. The molecule has 306 valence electrons. The zero-order chi connectivity index (χ0) is 45.9. The van der Waals surface area contributed by atoms with Crippen molar-refractivity contribution in [1.29, 1.82) is 15.8 Å². The normalized spacial score (nSPS) is 11.2. The van der Waals surface area contributed by atoms with Gasteiger partial charge in [0.15, 0.2) is 17.1 Å². The SMILES string of the molecule is [C-]#[N+]c1cc(C#N)cc(-c2ccc3c4ccccc4n(-c4cc(-c5c([N+]#[C-])cccc5C(F)(F)F)cc(-n5c6ccccc6c6ccc(-c7cc(C#N)cc([N+]#[C-])c7)cc65)c4C#N)c3c2)c1. The molecule has 8 aromatic carbocycles. The van der Waals surface area contributed by atoms with Gasteiger partial charge in [0.25, 0.3) is 0 Å². The van der Waals surface area contributed by atoms with Gasteiger partial charge in [0.2, 0.25) is 0 Å². The fourth-order valence-corrected chi connectivity index (χ4v) is 9.03. The summed E-state index contributed by atoms with van der Waals surface area (Å²) in [4.78, 5) is 10.7. The minimum absolute atomic E-state index is 0.0361. The molecule has 11 heteroatoms. The Balaban J connectivity index is 1.37. The van der Waals surface area contributed by atoms with E-state index in [2.05, 4.69) is 32.7 Å². The Morgan fingerprint density at radius 2 is 0.924 bits per heavy atom. The van der Waals surface area contributed by atoms with Crippen LogP contribution in [0.2, 0.25) is 0 Å². The summed E-state index contributed by atoms with van der Waals surface area (Å²) >= 11 is 0. The van der Waals surface area contributed by atoms with E-state index in [9.17, 15) is 15.8 Å². The molecule has 0 saturated heterocycles. The standard InChI is InChI=1S/C55H25F3N8/c1-62-39-21-32(29-59)19-36(23-39)34-15-17-43-41-9-4-6-13-48(41)65(50(43)25-34)52-27-38(54-46(55(56,57)58)11-8-12-47(54)64-3)28-53(45(52)31-61)66-49-14-7-5-10-42(49)44-18-16-35(26-51(44)66)37-20-33(30-60)22-40(24-37)63-2/h4-28H. The van der Waals surface area contributed by atoms with Gasteiger partial charge in [-0.25, -0.2) is 14.5 Å². The minimum atomic E-state index is -4.86. The van der Waals surface area contributed by atoms with Gasteiger partial charge in [0, 0.05) is 32.7 Å². The maximum absolute atomic E-state index is 15.2. The molecule has 66 heavy (non-hydrogen) atoms. The summed E-state index contributed by atoms with van der Waals surface area (Å²) in [5.41, 5.74) is 5.09. The molecule has 2 aromatic heterocycles. The second-order valence-electron chi connectivity index (χ2n) is 15.5. The van der Waals surface area contributed by atoms with Crippen LogP contribution < -0.4 is 0 Å². The number of alkyl halides is 3.